The van der Waals surface area contributed by atoms with E-state index in [1.54, 1.807) is 65.7 Å². The molecule has 0 radical (unpaired) electrons. The minimum atomic E-state index is -3.89. The smallest absolute Gasteiger partial charge is 0.324 e. The third-order valence-corrected chi connectivity index (χ3v) is 8.80. The highest BCUT2D eigenvalue weighted by Crippen LogP contribution is 2.33. The molecule has 0 bridgehead atoms. The first-order chi connectivity index (χ1) is 18.7. The van der Waals surface area contributed by atoms with Crippen LogP contribution in [0.1, 0.15) is 23.2 Å². The Bertz CT molecular complexity index is 1700. The van der Waals surface area contributed by atoms with Gasteiger partial charge in [0.25, 0.3) is 5.91 Å². The fourth-order valence-corrected chi connectivity index (χ4v) is 6.56. The maximum atomic E-state index is 13.4. The zero-order chi connectivity index (χ0) is 27.3. The van der Waals surface area contributed by atoms with Crippen LogP contribution in [-0.4, -0.2) is 55.4 Å². The van der Waals surface area contributed by atoms with Crippen LogP contribution in [0, 0.1) is 0 Å². The first-order valence-electron chi connectivity index (χ1n) is 12.6. The first-order valence-corrected chi connectivity index (χ1v) is 14.5. The van der Waals surface area contributed by atoms with E-state index in [-0.39, 0.29) is 28.9 Å². The van der Waals surface area contributed by atoms with Crippen LogP contribution in [0.4, 0.5) is 10.5 Å². The number of amides is 3. The van der Waals surface area contributed by atoms with E-state index in [0.29, 0.717) is 40.5 Å². The average molecular weight is 564 g/mol. The molecule has 200 valence electrons. The zero-order valence-electron chi connectivity index (χ0n) is 20.8. The highest BCUT2D eigenvalue weighted by molar-refractivity contribution is 7.89. The van der Waals surface area contributed by atoms with Gasteiger partial charge >= 0.3 is 6.03 Å². The van der Waals surface area contributed by atoms with Crippen molar-refractivity contribution in [2.24, 2.45) is 5.14 Å². The zero-order valence-corrected chi connectivity index (χ0v) is 22.4. The van der Waals surface area contributed by atoms with Crippen LogP contribution >= 0.6 is 11.6 Å². The lowest BCUT2D eigenvalue weighted by atomic mass is 9.97. The van der Waals surface area contributed by atoms with E-state index < -0.39 is 10.0 Å². The molecule has 2 aliphatic heterocycles. The van der Waals surface area contributed by atoms with Crippen LogP contribution in [-0.2, 0) is 10.0 Å². The fourth-order valence-electron chi connectivity index (χ4n) is 5.58. The van der Waals surface area contributed by atoms with Gasteiger partial charge in [0.1, 0.15) is 0 Å². The molecule has 2 fully saturated rings. The number of nitrogens with zero attached hydrogens (tertiary/aromatic N) is 2. The Morgan fingerprint density at radius 3 is 2.62 bits per heavy atom. The Morgan fingerprint density at radius 2 is 1.85 bits per heavy atom. The Kier molecular flexibility index (Phi) is 6.33. The molecule has 9 nitrogen and oxygen atoms in total. The third-order valence-electron chi connectivity index (χ3n) is 7.52. The lowest BCUT2D eigenvalue weighted by Gasteiger charge is -2.35. The number of benzene rings is 3. The molecular formula is C28H26ClN5O4S. The van der Waals surface area contributed by atoms with Crippen LogP contribution < -0.4 is 15.4 Å². The highest BCUT2D eigenvalue weighted by Gasteiger charge is 2.44. The molecule has 0 spiro atoms. The lowest BCUT2D eigenvalue weighted by Crippen LogP contribution is -2.54. The number of sulfonamides is 1. The number of anilines is 1. The molecule has 6 rings (SSSR count). The van der Waals surface area contributed by atoms with Crippen LogP contribution in [0.5, 0.6) is 0 Å². The maximum Gasteiger partial charge on any atom is 0.324 e. The summed E-state index contributed by atoms with van der Waals surface area (Å²) in [6, 6.07) is 18.6. The van der Waals surface area contributed by atoms with Crippen LogP contribution in [0.25, 0.3) is 22.0 Å². The number of rotatable bonds is 5. The SMILES string of the molecule is NS(=O)(=O)c1ccccc1-c1ccc(N2C[C@@H]3[C@H](NC(=O)c4ccc5c(Cl)c[nH]c5c4)CCCN3C2=O)cc1. The number of urea groups is 1. The molecule has 3 aromatic carbocycles. The summed E-state index contributed by atoms with van der Waals surface area (Å²) in [4.78, 5) is 33.1. The van der Waals surface area contributed by atoms with Crippen LogP contribution in [0.15, 0.2) is 77.8 Å². The van der Waals surface area contributed by atoms with Gasteiger partial charge in [-0.05, 0) is 48.7 Å². The van der Waals surface area contributed by atoms with Crippen molar-refractivity contribution in [2.45, 2.75) is 29.8 Å². The topological polar surface area (TPSA) is 129 Å². The second kappa shape index (κ2) is 9.71. The average Bonchev–Trinajstić information content (AvgIpc) is 3.48. The number of nitrogens with one attached hydrogen (secondary N) is 2. The molecule has 4 N–H and O–H groups in total. The third kappa shape index (κ3) is 4.64. The van der Waals surface area contributed by atoms with E-state index in [4.69, 9.17) is 16.7 Å². The number of aromatic amines is 1. The summed E-state index contributed by atoms with van der Waals surface area (Å²) < 4.78 is 24.1. The normalized spacial score (nSPS) is 19.4. The number of primary sulfonamides is 1. The molecule has 4 aromatic rings. The second-order valence-electron chi connectivity index (χ2n) is 9.86. The Hall–Kier alpha value is -3.86. The number of aromatic nitrogens is 1. The molecule has 11 heteroatoms. The number of H-pyrrole nitrogens is 1. The largest absolute Gasteiger partial charge is 0.360 e. The van der Waals surface area contributed by atoms with E-state index in [0.717, 1.165) is 23.7 Å². The summed E-state index contributed by atoms with van der Waals surface area (Å²) in [5.41, 5.74) is 3.19. The van der Waals surface area contributed by atoms with Gasteiger partial charge in [-0.3, -0.25) is 9.69 Å². The van der Waals surface area contributed by atoms with E-state index in [2.05, 4.69) is 10.3 Å². The van der Waals surface area contributed by atoms with Gasteiger partial charge in [0.15, 0.2) is 0 Å². The summed E-state index contributed by atoms with van der Waals surface area (Å²) in [7, 11) is -3.89. The summed E-state index contributed by atoms with van der Waals surface area (Å²) in [6.07, 6.45) is 3.25. The van der Waals surface area contributed by atoms with Gasteiger partial charge in [-0.1, -0.05) is 48.0 Å². The number of fused-ring (bicyclic) bond motifs is 2. The van der Waals surface area contributed by atoms with Gasteiger partial charge < -0.3 is 15.2 Å². The predicted octanol–water partition coefficient (Wildman–Crippen LogP) is 4.34. The number of hydrogen-bond donors (Lipinski definition) is 3. The lowest BCUT2D eigenvalue weighted by molar-refractivity contribution is 0.0887. The standard InChI is InChI=1S/C28H26ClN5O4S/c29-22-15-31-24-14-18(9-12-21(22)24)27(35)32-23-5-3-13-33-25(23)16-34(28(33)36)19-10-7-17(8-11-19)20-4-1-2-6-26(20)39(30,37)38/h1-2,4,6-12,14-15,23,25,31H,3,5,13,16H2,(H,32,35)(H2,30,37,38)/t23-,25-/m1/s1. The fraction of sp³-hybridized carbons (Fsp3) is 0.214. The number of halogens is 1. The Morgan fingerprint density at radius 1 is 1.08 bits per heavy atom. The van der Waals surface area contributed by atoms with Crippen LogP contribution in [0.3, 0.4) is 0 Å². The molecular weight excluding hydrogens is 538 g/mol. The summed E-state index contributed by atoms with van der Waals surface area (Å²) in [6.45, 7) is 1.06. The van der Waals surface area contributed by atoms with E-state index in [1.807, 2.05) is 11.0 Å². The molecule has 3 amide bonds. The summed E-state index contributed by atoms with van der Waals surface area (Å²) in [5.74, 6) is -0.196. The molecule has 0 aliphatic carbocycles. The van der Waals surface area contributed by atoms with Gasteiger partial charge in [0, 0.05) is 40.5 Å². The molecule has 0 saturated carbocycles. The molecule has 39 heavy (non-hydrogen) atoms. The molecule has 2 atom stereocenters. The van der Waals surface area contributed by atoms with Crippen molar-refractivity contribution in [1.29, 1.82) is 0 Å². The number of carbonyl (C=O) groups excluding carboxylic acids is 2. The van der Waals surface area contributed by atoms with Crippen molar-refractivity contribution in [3.05, 3.63) is 83.5 Å². The number of hydrogen-bond acceptors (Lipinski definition) is 4. The summed E-state index contributed by atoms with van der Waals surface area (Å²) >= 11 is 6.16. The monoisotopic (exact) mass is 563 g/mol. The molecule has 1 aromatic heterocycles. The number of carbonyl (C=O) groups is 2. The van der Waals surface area contributed by atoms with Crippen molar-refractivity contribution in [3.63, 3.8) is 0 Å². The molecule has 2 aliphatic rings. The predicted molar refractivity (Wildman–Crippen MR) is 150 cm³/mol. The molecule has 3 heterocycles. The van der Waals surface area contributed by atoms with Crippen molar-refractivity contribution in [3.8, 4) is 11.1 Å². The molecule has 0 unspecified atom stereocenters. The van der Waals surface area contributed by atoms with Gasteiger partial charge in [-0.2, -0.15) is 0 Å². The Balaban J connectivity index is 1.20. The van der Waals surface area contributed by atoms with Gasteiger partial charge in [-0.15, -0.1) is 0 Å². The van der Waals surface area contributed by atoms with Gasteiger partial charge in [-0.25, -0.2) is 18.4 Å². The quantitative estimate of drug-likeness (QED) is 0.333. The molecule has 2 saturated heterocycles. The number of nitrogens with two attached hydrogens (primary N) is 1. The second-order valence-corrected chi connectivity index (χ2v) is 11.8. The van der Waals surface area contributed by atoms with Crippen molar-refractivity contribution in [2.75, 3.05) is 18.0 Å². The first kappa shape index (κ1) is 25.4. The maximum absolute atomic E-state index is 13.4. The van der Waals surface area contributed by atoms with Crippen molar-refractivity contribution in [1.82, 2.24) is 15.2 Å². The van der Waals surface area contributed by atoms with E-state index >= 15 is 0 Å². The van der Waals surface area contributed by atoms with Gasteiger partial charge in [0.2, 0.25) is 10.0 Å². The minimum Gasteiger partial charge on any atom is -0.360 e. The van der Waals surface area contributed by atoms with Crippen molar-refractivity contribution < 1.29 is 18.0 Å². The van der Waals surface area contributed by atoms with Crippen molar-refractivity contribution >= 4 is 50.2 Å². The van der Waals surface area contributed by atoms with E-state index in [9.17, 15) is 18.0 Å². The Labute approximate surface area is 230 Å². The van der Waals surface area contributed by atoms with E-state index in [1.165, 1.54) is 6.07 Å². The highest BCUT2D eigenvalue weighted by atomic mass is 35.5. The summed E-state index contributed by atoms with van der Waals surface area (Å²) in [5, 5.41) is 10.0. The van der Waals surface area contributed by atoms with Crippen LogP contribution in [0.2, 0.25) is 5.02 Å². The number of piperidine rings is 1. The minimum absolute atomic E-state index is 0.0456. The van der Waals surface area contributed by atoms with Gasteiger partial charge in [0.05, 0.1) is 28.5 Å².